The van der Waals surface area contributed by atoms with Crippen LogP contribution in [0.15, 0.2) is 57.8 Å². The minimum atomic E-state index is -4.46. The lowest BCUT2D eigenvalue weighted by molar-refractivity contribution is -0.137. The molecule has 2 aromatic carbocycles. The first kappa shape index (κ1) is 28.6. The fourth-order valence-electron chi connectivity index (χ4n) is 3.05. The number of anilines is 2. The normalized spacial score (nSPS) is 11.9. The van der Waals surface area contributed by atoms with Crippen molar-refractivity contribution in [3.8, 4) is 0 Å². The Balaban J connectivity index is 1.53. The Bertz CT molecular complexity index is 1340. The minimum absolute atomic E-state index is 0.0773. The van der Waals surface area contributed by atoms with Gasteiger partial charge in [-0.2, -0.15) is 17.5 Å². The minimum Gasteiger partial charge on any atom is -0.325 e. The molecule has 0 radical (unpaired) electrons. The molecule has 0 fully saturated rings. The zero-order valence-corrected chi connectivity index (χ0v) is 22.0. The van der Waals surface area contributed by atoms with Crippen LogP contribution in [0.4, 0.5) is 24.0 Å². The molecule has 0 aliphatic heterocycles. The highest BCUT2D eigenvalue weighted by molar-refractivity contribution is 8.01. The summed E-state index contributed by atoms with van der Waals surface area (Å²) in [6.07, 6.45) is -4.46. The second-order valence-electron chi connectivity index (χ2n) is 7.35. The van der Waals surface area contributed by atoms with Crippen LogP contribution in [-0.2, 0) is 21.0 Å². The number of aromatic nitrogens is 2. The molecule has 0 saturated carbocycles. The van der Waals surface area contributed by atoms with Gasteiger partial charge in [-0.3, -0.25) is 14.9 Å². The van der Waals surface area contributed by atoms with Crippen LogP contribution < -0.4 is 10.6 Å². The quantitative estimate of drug-likeness (QED) is 0.269. The van der Waals surface area contributed by atoms with E-state index in [9.17, 15) is 31.2 Å². The van der Waals surface area contributed by atoms with Crippen LogP contribution >= 0.6 is 23.1 Å². The van der Waals surface area contributed by atoms with E-state index in [-0.39, 0.29) is 27.0 Å². The van der Waals surface area contributed by atoms with Gasteiger partial charge in [0.15, 0.2) is 4.34 Å². The van der Waals surface area contributed by atoms with Crippen molar-refractivity contribution in [3.63, 3.8) is 0 Å². The van der Waals surface area contributed by atoms with Gasteiger partial charge >= 0.3 is 6.18 Å². The number of thioether (sulfide) groups is 1. The Morgan fingerprint density at radius 3 is 2.16 bits per heavy atom. The zero-order chi connectivity index (χ0) is 27.2. The van der Waals surface area contributed by atoms with E-state index in [1.54, 1.807) is 13.8 Å². The van der Waals surface area contributed by atoms with Crippen LogP contribution in [0.5, 0.6) is 0 Å². The van der Waals surface area contributed by atoms with Gasteiger partial charge < -0.3 is 5.32 Å². The third-order valence-corrected chi connectivity index (χ3v) is 8.95. The largest absolute Gasteiger partial charge is 0.416 e. The van der Waals surface area contributed by atoms with E-state index < -0.39 is 33.6 Å². The van der Waals surface area contributed by atoms with Crippen molar-refractivity contribution < 1.29 is 31.2 Å². The first-order valence-corrected chi connectivity index (χ1v) is 14.0. The number of nitrogens with zero attached hydrogens (tertiary/aromatic N) is 3. The van der Waals surface area contributed by atoms with E-state index in [1.165, 1.54) is 28.6 Å². The molecule has 2 N–H and O–H groups in total. The van der Waals surface area contributed by atoms with Crippen molar-refractivity contribution >= 4 is 55.8 Å². The van der Waals surface area contributed by atoms with E-state index in [4.69, 9.17) is 0 Å². The van der Waals surface area contributed by atoms with Gasteiger partial charge in [-0.25, -0.2) is 8.42 Å². The van der Waals surface area contributed by atoms with Crippen molar-refractivity contribution in [2.45, 2.75) is 29.3 Å². The summed E-state index contributed by atoms with van der Waals surface area (Å²) >= 11 is 2.07. The van der Waals surface area contributed by atoms with Crippen molar-refractivity contribution in [1.29, 1.82) is 0 Å². The van der Waals surface area contributed by atoms with Crippen LogP contribution in [0, 0.1) is 0 Å². The molecular formula is C22H22F3N5O4S3. The number of carbonyl (C=O) groups is 2. The summed E-state index contributed by atoms with van der Waals surface area (Å²) in [5, 5.41) is 13.0. The summed E-state index contributed by atoms with van der Waals surface area (Å²) in [6, 6.07) is 9.59. The molecule has 3 rings (SSSR count). The molecule has 3 aromatic rings. The van der Waals surface area contributed by atoms with E-state index in [2.05, 4.69) is 20.8 Å². The Kier molecular flexibility index (Phi) is 9.28. The first-order chi connectivity index (χ1) is 17.4. The van der Waals surface area contributed by atoms with Gasteiger partial charge in [0.1, 0.15) is 0 Å². The number of amides is 2. The fraction of sp³-hybridized carbons (Fsp3) is 0.273. The average molecular weight is 574 g/mol. The molecule has 1 heterocycles. The number of halogens is 3. The van der Waals surface area contributed by atoms with Crippen LogP contribution in [0.2, 0.25) is 0 Å². The van der Waals surface area contributed by atoms with Crippen molar-refractivity contribution in [1.82, 2.24) is 14.5 Å². The molecule has 198 valence electrons. The van der Waals surface area contributed by atoms with Gasteiger partial charge in [-0.05, 0) is 48.5 Å². The Morgan fingerprint density at radius 1 is 0.973 bits per heavy atom. The van der Waals surface area contributed by atoms with Gasteiger partial charge in [0.25, 0.3) is 5.91 Å². The molecule has 0 aliphatic carbocycles. The summed E-state index contributed by atoms with van der Waals surface area (Å²) in [4.78, 5) is 24.7. The lowest BCUT2D eigenvalue weighted by Gasteiger charge is -2.18. The smallest absolute Gasteiger partial charge is 0.325 e. The molecule has 0 unspecified atom stereocenters. The highest BCUT2D eigenvalue weighted by Gasteiger charge is 2.30. The van der Waals surface area contributed by atoms with E-state index in [1.807, 2.05) is 0 Å². The molecule has 0 saturated heterocycles. The lowest BCUT2D eigenvalue weighted by atomic mass is 10.2. The van der Waals surface area contributed by atoms with E-state index >= 15 is 0 Å². The van der Waals surface area contributed by atoms with Gasteiger partial charge in [-0.15, -0.1) is 10.2 Å². The monoisotopic (exact) mass is 573 g/mol. The lowest BCUT2D eigenvalue weighted by Crippen LogP contribution is -2.30. The Hall–Kier alpha value is -3.01. The van der Waals surface area contributed by atoms with Gasteiger partial charge in [-0.1, -0.05) is 36.9 Å². The first-order valence-electron chi connectivity index (χ1n) is 10.8. The summed E-state index contributed by atoms with van der Waals surface area (Å²) in [7, 11) is -3.64. The van der Waals surface area contributed by atoms with Gasteiger partial charge in [0.2, 0.25) is 21.1 Å². The molecule has 0 bridgehead atoms. The standard InChI is InChI=1S/C22H22F3N5O4S3/c1-3-30(4-2)37(33,34)17-11-5-14(6-12-17)19(32)27-20-28-29-21(36-20)35-13-18(31)26-16-9-7-15(8-10-16)22(23,24)25/h5-12H,3-4,13H2,1-2H3,(H,26,31)(H,27,28,32). The number of sulfonamides is 1. The molecule has 0 spiro atoms. The van der Waals surface area contributed by atoms with Crippen LogP contribution in [0.1, 0.15) is 29.8 Å². The SMILES string of the molecule is CCN(CC)S(=O)(=O)c1ccc(C(=O)Nc2nnc(SCC(=O)Nc3ccc(C(F)(F)F)cc3)s2)cc1. The van der Waals surface area contributed by atoms with Crippen LogP contribution in [0.3, 0.4) is 0 Å². The maximum absolute atomic E-state index is 12.6. The maximum Gasteiger partial charge on any atom is 0.416 e. The number of hydrogen-bond acceptors (Lipinski definition) is 8. The average Bonchev–Trinajstić information content (AvgIpc) is 3.30. The third kappa shape index (κ3) is 7.50. The molecule has 1 aromatic heterocycles. The number of hydrogen-bond donors (Lipinski definition) is 2. The number of alkyl halides is 3. The molecule has 9 nitrogen and oxygen atoms in total. The molecule has 37 heavy (non-hydrogen) atoms. The number of rotatable bonds is 10. The predicted molar refractivity (Wildman–Crippen MR) is 135 cm³/mol. The predicted octanol–water partition coefficient (Wildman–Crippen LogP) is 4.57. The van der Waals surface area contributed by atoms with Gasteiger partial charge in [0.05, 0.1) is 16.2 Å². The number of benzene rings is 2. The van der Waals surface area contributed by atoms with Crippen LogP contribution in [-0.4, -0.2) is 53.6 Å². The Labute approximate surface area is 219 Å². The van der Waals surface area contributed by atoms with Gasteiger partial charge in [0, 0.05) is 24.3 Å². The van der Waals surface area contributed by atoms with Crippen molar-refractivity contribution in [2.24, 2.45) is 0 Å². The molecule has 15 heteroatoms. The summed E-state index contributed by atoms with van der Waals surface area (Å²) in [5.41, 5.74) is -0.373. The van der Waals surface area contributed by atoms with Crippen molar-refractivity contribution in [2.75, 3.05) is 29.5 Å². The van der Waals surface area contributed by atoms with E-state index in [0.29, 0.717) is 17.4 Å². The molecular weight excluding hydrogens is 551 g/mol. The zero-order valence-electron chi connectivity index (χ0n) is 19.6. The summed E-state index contributed by atoms with van der Waals surface area (Å²) < 4.78 is 64.7. The molecule has 2 amide bonds. The van der Waals surface area contributed by atoms with E-state index in [0.717, 1.165) is 47.4 Å². The Morgan fingerprint density at radius 2 is 1.59 bits per heavy atom. The maximum atomic E-state index is 12.6. The summed E-state index contributed by atoms with van der Waals surface area (Å²) in [5.74, 6) is -1.05. The second kappa shape index (κ2) is 12.0. The highest BCUT2D eigenvalue weighted by Crippen LogP contribution is 2.30. The molecule has 0 aliphatic rings. The van der Waals surface area contributed by atoms with Crippen LogP contribution in [0.25, 0.3) is 0 Å². The highest BCUT2D eigenvalue weighted by atomic mass is 32.2. The topological polar surface area (TPSA) is 121 Å². The summed E-state index contributed by atoms with van der Waals surface area (Å²) in [6.45, 7) is 4.14. The fourth-order valence-corrected chi connectivity index (χ4v) is 6.05. The number of carbonyl (C=O) groups excluding carboxylic acids is 2. The van der Waals surface area contributed by atoms with Crippen molar-refractivity contribution in [3.05, 3.63) is 59.7 Å². The third-order valence-electron chi connectivity index (χ3n) is 4.91. The molecule has 0 atom stereocenters. The second-order valence-corrected chi connectivity index (χ2v) is 11.5. The number of nitrogens with one attached hydrogen (secondary N) is 2.